The molecule has 2 aromatic rings. The van der Waals surface area contributed by atoms with Crippen molar-refractivity contribution in [1.82, 2.24) is 15.3 Å². The first-order valence-electron chi connectivity index (χ1n) is 10.1. The highest BCUT2D eigenvalue weighted by Gasteiger charge is 2.48. The van der Waals surface area contributed by atoms with E-state index in [4.69, 9.17) is 4.74 Å². The molecule has 0 radical (unpaired) electrons. The van der Waals surface area contributed by atoms with E-state index >= 15 is 0 Å². The number of halogens is 1. The van der Waals surface area contributed by atoms with Crippen LogP contribution < -0.4 is 10.2 Å². The van der Waals surface area contributed by atoms with Crippen LogP contribution in [0.2, 0.25) is 0 Å². The van der Waals surface area contributed by atoms with Crippen molar-refractivity contribution in [3.8, 4) is 0 Å². The molecule has 1 saturated heterocycles. The van der Waals surface area contributed by atoms with E-state index in [1.807, 2.05) is 33.0 Å². The topological polar surface area (TPSA) is 67.3 Å². The molecule has 1 atom stereocenters. The first-order chi connectivity index (χ1) is 13.8. The lowest BCUT2D eigenvalue weighted by Crippen LogP contribution is -2.47. The van der Waals surface area contributed by atoms with Gasteiger partial charge in [0.1, 0.15) is 16.0 Å². The molecule has 1 unspecified atom stereocenters. The molecule has 1 N–H and O–H groups in total. The van der Waals surface area contributed by atoms with Crippen molar-refractivity contribution in [3.05, 3.63) is 52.4 Å². The third kappa shape index (κ3) is 4.25. The van der Waals surface area contributed by atoms with E-state index in [0.717, 1.165) is 42.8 Å². The smallest absolute Gasteiger partial charge is 0.408 e. The van der Waals surface area contributed by atoms with Gasteiger partial charge in [0.25, 0.3) is 0 Å². The SMILES string of the molecule is CC(C)(C)OC(=O)NC1c2ccccc2CC12CCN(c1cnc(Br)cn1)CC2. The van der Waals surface area contributed by atoms with Crippen molar-refractivity contribution in [1.29, 1.82) is 0 Å². The number of nitrogens with zero attached hydrogens (tertiary/aromatic N) is 3. The summed E-state index contributed by atoms with van der Waals surface area (Å²) in [5.41, 5.74) is 2.03. The largest absolute Gasteiger partial charge is 0.444 e. The van der Waals surface area contributed by atoms with Crippen LogP contribution in [-0.4, -0.2) is 34.8 Å². The van der Waals surface area contributed by atoms with Gasteiger partial charge in [-0.15, -0.1) is 0 Å². The minimum Gasteiger partial charge on any atom is -0.444 e. The van der Waals surface area contributed by atoms with Crippen molar-refractivity contribution in [2.75, 3.05) is 18.0 Å². The average molecular weight is 459 g/mol. The maximum Gasteiger partial charge on any atom is 0.408 e. The van der Waals surface area contributed by atoms with E-state index in [9.17, 15) is 4.79 Å². The number of alkyl carbamates (subject to hydrolysis) is 1. The van der Waals surface area contributed by atoms with Gasteiger partial charge in [0.05, 0.1) is 18.4 Å². The van der Waals surface area contributed by atoms with Crippen LogP contribution in [0.4, 0.5) is 10.6 Å². The summed E-state index contributed by atoms with van der Waals surface area (Å²) in [5, 5.41) is 3.20. The van der Waals surface area contributed by atoms with Crippen LogP contribution in [0.3, 0.4) is 0 Å². The fraction of sp³-hybridized carbons (Fsp3) is 0.500. The summed E-state index contributed by atoms with van der Waals surface area (Å²) in [6, 6.07) is 8.41. The molecule has 1 spiro atoms. The highest BCUT2D eigenvalue weighted by Crippen LogP contribution is 2.52. The molecule has 1 fully saturated rings. The van der Waals surface area contributed by atoms with Crippen molar-refractivity contribution in [2.45, 2.75) is 51.7 Å². The van der Waals surface area contributed by atoms with Crippen LogP contribution in [0.25, 0.3) is 0 Å². The second kappa shape index (κ2) is 7.59. The third-order valence-electron chi connectivity index (χ3n) is 5.87. The van der Waals surface area contributed by atoms with Gasteiger partial charge in [0, 0.05) is 18.5 Å². The minimum absolute atomic E-state index is 0.000116. The molecule has 1 aromatic carbocycles. The highest BCUT2D eigenvalue weighted by molar-refractivity contribution is 9.10. The molecule has 1 aliphatic heterocycles. The Morgan fingerprint density at radius 2 is 1.93 bits per heavy atom. The number of fused-ring (bicyclic) bond motifs is 1. The van der Waals surface area contributed by atoms with Gasteiger partial charge in [-0.25, -0.2) is 14.8 Å². The summed E-state index contributed by atoms with van der Waals surface area (Å²) in [4.78, 5) is 23.7. The monoisotopic (exact) mass is 458 g/mol. The maximum atomic E-state index is 12.6. The molecule has 2 heterocycles. The molecule has 0 bridgehead atoms. The fourth-order valence-corrected chi connectivity index (χ4v) is 4.76. The van der Waals surface area contributed by atoms with Crippen molar-refractivity contribution in [3.63, 3.8) is 0 Å². The van der Waals surface area contributed by atoms with Crippen LogP contribution >= 0.6 is 15.9 Å². The molecule has 4 rings (SSSR count). The second-order valence-electron chi connectivity index (χ2n) is 9.00. The minimum atomic E-state index is -0.515. The van der Waals surface area contributed by atoms with Crippen molar-refractivity contribution in [2.24, 2.45) is 5.41 Å². The number of carbonyl (C=O) groups is 1. The van der Waals surface area contributed by atoms with E-state index in [0.29, 0.717) is 0 Å². The Hall–Kier alpha value is -2.15. The number of rotatable bonds is 2. The van der Waals surface area contributed by atoms with E-state index < -0.39 is 5.60 Å². The van der Waals surface area contributed by atoms with Crippen molar-refractivity contribution < 1.29 is 9.53 Å². The standard InChI is InChI=1S/C22H27BrN4O2/c1-21(2,3)29-20(28)26-19-16-7-5-4-6-15(16)12-22(19)8-10-27(11-9-22)18-14-24-17(23)13-25-18/h4-7,13-14,19H,8-12H2,1-3H3,(H,26,28). The van der Waals surface area contributed by atoms with Crippen LogP contribution in [0, 0.1) is 5.41 Å². The molecule has 1 aromatic heterocycles. The Morgan fingerprint density at radius 1 is 1.21 bits per heavy atom. The number of amides is 1. The fourth-order valence-electron chi connectivity index (χ4n) is 4.56. The Bertz CT molecular complexity index is 886. The molecule has 29 heavy (non-hydrogen) atoms. The van der Waals surface area contributed by atoms with Gasteiger partial charge in [0.2, 0.25) is 0 Å². The Kier molecular flexibility index (Phi) is 5.27. The number of benzene rings is 1. The predicted molar refractivity (Wildman–Crippen MR) is 116 cm³/mol. The summed E-state index contributed by atoms with van der Waals surface area (Å²) in [6.07, 6.45) is 6.11. The number of ether oxygens (including phenoxy) is 1. The molecule has 0 saturated carbocycles. The lowest BCUT2D eigenvalue weighted by Gasteiger charge is -2.43. The molecule has 1 amide bonds. The molecule has 154 valence electrons. The summed E-state index contributed by atoms with van der Waals surface area (Å²) < 4.78 is 6.31. The molecule has 6 nitrogen and oxygen atoms in total. The molecule has 2 aliphatic rings. The van der Waals surface area contributed by atoms with Gasteiger partial charge in [-0.2, -0.15) is 0 Å². The zero-order valence-corrected chi connectivity index (χ0v) is 18.7. The third-order valence-corrected chi connectivity index (χ3v) is 6.28. The molecule has 1 aliphatic carbocycles. The van der Waals surface area contributed by atoms with Crippen molar-refractivity contribution >= 4 is 27.8 Å². The molecular weight excluding hydrogens is 432 g/mol. The maximum absolute atomic E-state index is 12.6. The normalized spacial score (nSPS) is 20.4. The number of hydrogen-bond donors (Lipinski definition) is 1. The number of anilines is 1. The summed E-state index contributed by atoms with van der Waals surface area (Å²) in [7, 11) is 0. The van der Waals surface area contributed by atoms with Crippen LogP contribution in [0.15, 0.2) is 41.3 Å². The van der Waals surface area contributed by atoms with Gasteiger partial charge >= 0.3 is 6.09 Å². The van der Waals surface area contributed by atoms with Crippen LogP contribution in [-0.2, 0) is 11.2 Å². The van der Waals surface area contributed by atoms with Crippen LogP contribution in [0.1, 0.15) is 50.8 Å². The first-order valence-corrected chi connectivity index (χ1v) is 10.8. The zero-order chi connectivity index (χ0) is 20.6. The lowest BCUT2D eigenvalue weighted by molar-refractivity contribution is 0.0428. The Morgan fingerprint density at radius 3 is 2.59 bits per heavy atom. The Balaban J connectivity index is 1.54. The molecule has 7 heteroatoms. The average Bonchev–Trinajstić information content (AvgIpc) is 2.95. The first kappa shape index (κ1) is 20.1. The number of piperidine rings is 1. The van der Waals surface area contributed by atoms with E-state index in [1.165, 1.54) is 11.1 Å². The van der Waals surface area contributed by atoms with E-state index in [-0.39, 0.29) is 17.6 Å². The number of aromatic nitrogens is 2. The van der Waals surface area contributed by atoms with E-state index in [1.54, 1.807) is 6.20 Å². The number of carbonyl (C=O) groups excluding carboxylic acids is 1. The predicted octanol–water partition coefficient (Wildman–Crippen LogP) is 4.65. The number of nitrogens with one attached hydrogen (secondary N) is 1. The van der Waals surface area contributed by atoms with Gasteiger partial charge in [-0.05, 0) is 67.1 Å². The van der Waals surface area contributed by atoms with Gasteiger partial charge in [-0.1, -0.05) is 24.3 Å². The lowest BCUT2D eigenvalue weighted by atomic mass is 9.72. The highest BCUT2D eigenvalue weighted by atomic mass is 79.9. The number of hydrogen-bond acceptors (Lipinski definition) is 5. The summed E-state index contributed by atoms with van der Waals surface area (Å²) >= 11 is 3.34. The summed E-state index contributed by atoms with van der Waals surface area (Å²) in [6.45, 7) is 7.45. The molecular formula is C22H27BrN4O2. The van der Waals surface area contributed by atoms with E-state index in [2.05, 4.69) is 54.3 Å². The van der Waals surface area contributed by atoms with Gasteiger partial charge < -0.3 is 15.0 Å². The Labute approximate surface area is 180 Å². The van der Waals surface area contributed by atoms with Gasteiger partial charge in [-0.3, -0.25) is 0 Å². The second-order valence-corrected chi connectivity index (χ2v) is 9.81. The van der Waals surface area contributed by atoms with Gasteiger partial charge in [0.15, 0.2) is 0 Å². The van der Waals surface area contributed by atoms with Crippen LogP contribution in [0.5, 0.6) is 0 Å². The zero-order valence-electron chi connectivity index (χ0n) is 17.1. The summed E-state index contributed by atoms with van der Waals surface area (Å²) in [5.74, 6) is 0.898. The quantitative estimate of drug-likeness (QED) is 0.709.